The maximum absolute atomic E-state index is 13.7. The van der Waals surface area contributed by atoms with Gasteiger partial charge in [0, 0.05) is 32.1 Å². The number of likely N-dealkylation sites (N-methyl/N-ethyl adjacent to an activating group) is 1. The molecule has 2 amide bonds. The van der Waals surface area contributed by atoms with Crippen LogP contribution in [0.5, 0.6) is 0 Å². The molecule has 0 aliphatic carbocycles. The lowest BCUT2D eigenvalue weighted by Crippen LogP contribution is -2.44. The molecular formula is C17H24FN3O2. The van der Waals surface area contributed by atoms with Crippen molar-refractivity contribution in [3.05, 3.63) is 35.6 Å². The van der Waals surface area contributed by atoms with E-state index < -0.39 is 5.82 Å². The molecule has 23 heavy (non-hydrogen) atoms. The van der Waals surface area contributed by atoms with Gasteiger partial charge in [-0.2, -0.15) is 0 Å². The molecular weight excluding hydrogens is 297 g/mol. The quantitative estimate of drug-likeness (QED) is 0.891. The van der Waals surface area contributed by atoms with Gasteiger partial charge in [-0.1, -0.05) is 12.1 Å². The summed E-state index contributed by atoms with van der Waals surface area (Å²) in [7, 11) is 3.91. The number of benzene rings is 1. The van der Waals surface area contributed by atoms with Crippen molar-refractivity contribution in [3.8, 4) is 0 Å². The first-order valence-corrected chi connectivity index (χ1v) is 7.95. The lowest BCUT2D eigenvalue weighted by molar-refractivity contribution is -0.126. The van der Waals surface area contributed by atoms with Crippen LogP contribution < -0.4 is 5.32 Å². The number of piperidine rings is 1. The lowest BCUT2D eigenvalue weighted by atomic mass is 9.95. The van der Waals surface area contributed by atoms with E-state index in [1.165, 1.54) is 12.1 Å². The minimum absolute atomic E-state index is 0.0461. The van der Waals surface area contributed by atoms with Crippen molar-refractivity contribution in [2.24, 2.45) is 5.92 Å². The highest BCUT2D eigenvalue weighted by atomic mass is 19.1. The fourth-order valence-corrected chi connectivity index (χ4v) is 2.70. The molecule has 1 saturated heterocycles. The predicted molar refractivity (Wildman–Crippen MR) is 86.6 cm³/mol. The van der Waals surface area contributed by atoms with E-state index in [4.69, 9.17) is 0 Å². The van der Waals surface area contributed by atoms with Gasteiger partial charge in [-0.15, -0.1) is 0 Å². The summed E-state index contributed by atoms with van der Waals surface area (Å²) in [6.45, 7) is 2.40. The Labute approximate surface area is 136 Å². The molecule has 0 bridgehead atoms. The fraction of sp³-hybridized carbons (Fsp3) is 0.529. The Morgan fingerprint density at radius 2 is 1.91 bits per heavy atom. The van der Waals surface area contributed by atoms with Crippen LogP contribution in [-0.2, 0) is 4.79 Å². The van der Waals surface area contributed by atoms with Gasteiger partial charge in [0.2, 0.25) is 5.91 Å². The molecule has 6 heteroatoms. The third kappa shape index (κ3) is 4.76. The van der Waals surface area contributed by atoms with Crippen molar-refractivity contribution in [2.75, 3.05) is 40.3 Å². The second kappa shape index (κ2) is 8.06. The van der Waals surface area contributed by atoms with Gasteiger partial charge in [0.15, 0.2) is 0 Å². The van der Waals surface area contributed by atoms with E-state index in [2.05, 4.69) is 5.32 Å². The van der Waals surface area contributed by atoms with Crippen LogP contribution in [0.15, 0.2) is 24.3 Å². The molecule has 1 aromatic carbocycles. The van der Waals surface area contributed by atoms with E-state index in [-0.39, 0.29) is 23.3 Å². The Hall–Kier alpha value is -1.95. The van der Waals surface area contributed by atoms with E-state index in [1.54, 1.807) is 17.0 Å². The Morgan fingerprint density at radius 3 is 2.52 bits per heavy atom. The predicted octanol–water partition coefficient (Wildman–Crippen LogP) is 1.36. The molecule has 0 atom stereocenters. The van der Waals surface area contributed by atoms with Gasteiger partial charge in [0.1, 0.15) is 5.82 Å². The molecule has 0 unspecified atom stereocenters. The average Bonchev–Trinajstić information content (AvgIpc) is 2.54. The number of nitrogens with one attached hydrogen (secondary N) is 1. The Balaban J connectivity index is 1.83. The molecule has 1 fully saturated rings. The smallest absolute Gasteiger partial charge is 0.256 e. The molecule has 0 radical (unpaired) electrons. The number of carbonyl (C=O) groups is 2. The van der Waals surface area contributed by atoms with Crippen molar-refractivity contribution in [3.63, 3.8) is 0 Å². The van der Waals surface area contributed by atoms with E-state index in [0.717, 1.165) is 6.54 Å². The molecule has 1 N–H and O–H groups in total. The van der Waals surface area contributed by atoms with Crippen LogP contribution in [-0.4, -0.2) is 61.9 Å². The number of amides is 2. The van der Waals surface area contributed by atoms with Gasteiger partial charge in [-0.3, -0.25) is 9.59 Å². The molecule has 2 rings (SSSR count). The van der Waals surface area contributed by atoms with E-state index >= 15 is 0 Å². The lowest BCUT2D eigenvalue weighted by Gasteiger charge is -2.31. The maximum Gasteiger partial charge on any atom is 0.256 e. The number of hydrogen-bond acceptors (Lipinski definition) is 3. The second-order valence-electron chi connectivity index (χ2n) is 6.14. The number of halogens is 1. The van der Waals surface area contributed by atoms with Crippen LogP contribution in [0.2, 0.25) is 0 Å². The Kier molecular flexibility index (Phi) is 6.10. The van der Waals surface area contributed by atoms with Gasteiger partial charge in [0.25, 0.3) is 5.91 Å². The zero-order valence-electron chi connectivity index (χ0n) is 13.7. The van der Waals surface area contributed by atoms with Gasteiger partial charge in [-0.05, 0) is 39.1 Å². The largest absolute Gasteiger partial charge is 0.355 e. The SMILES string of the molecule is CN(C)CCNC(=O)C1CCN(C(=O)c2ccccc2F)CC1. The molecule has 1 aliphatic heterocycles. The summed E-state index contributed by atoms with van der Waals surface area (Å²) in [5, 5.41) is 2.92. The second-order valence-corrected chi connectivity index (χ2v) is 6.14. The highest BCUT2D eigenvalue weighted by Gasteiger charge is 2.28. The number of carbonyl (C=O) groups excluding carboxylic acids is 2. The number of likely N-dealkylation sites (tertiary alicyclic amines) is 1. The highest BCUT2D eigenvalue weighted by Crippen LogP contribution is 2.20. The van der Waals surface area contributed by atoms with E-state index in [0.29, 0.717) is 32.5 Å². The molecule has 1 aliphatic rings. The third-order valence-electron chi connectivity index (χ3n) is 4.12. The first kappa shape index (κ1) is 17.4. The molecule has 126 valence electrons. The van der Waals surface area contributed by atoms with E-state index in [1.807, 2.05) is 19.0 Å². The van der Waals surface area contributed by atoms with Gasteiger partial charge in [-0.25, -0.2) is 4.39 Å². The molecule has 0 saturated carbocycles. The summed E-state index contributed by atoms with van der Waals surface area (Å²) in [6, 6.07) is 6.01. The number of hydrogen-bond donors (Lipinski definition) is 1. The van der Waals surface area contributed by atoms with Gasteiger partial charge >= 0.3 is 0 Å². The molecule has 0 spiro atoms. The Bertz CT molecular complexity index is 555. The van der Waals surface area contributed by atoms with Crippen LogP contribution in [0.3, 0.4) is 0 Å². The zero-order valence-corrected chi connectivity index (χ0v) is 13.7. The van der Waals surface area contributed by atoms with Crippen molar-refractivity contribution >= 4 is 11.8 Å². The van der Waals surface area contributed by atoms with Crippen LogP contribution >= 0.6 is 0 Å². The summed E-state index contributed by atoms with van der Waals surface area (Å²) >= 11 is 0. The highest BCUT2D eigenvalue weighted by molar-refractivity contribution is 5.94. The van der Waals surface area contributed by atoms with Crippen LogP contribution in [0.4, 0.5) is 4.39 Å². The molecule has 1 aromatic rings. The van der Waals surface area contributed by atoms with Crippen LogP contribution in [0.25, 0.3) is 0 Å². The van der Waals surface area contributed by atoms with Crippen LogP contribution in [0, 0.1) is 11.7 Å². The molecule has 1 heterocycles. The molecule has 5 nitrogen and oxygen atoms in total. The van der Waals surface area contributed by atoms with Crippen molar-refractivity contribution < 1.29 is 14.0 Å². The first-order valence-electron chi connectivity index (χ1n) is 7.95. The minimum atomic E-state index is -0.499. The molecule has 0 aromatic heterocycles. The summed E-state index contributed by atoms with van der Waals surface area (Å²) in [5.41, 5.74) is 0.0985. The average molecular weight is 321 g/mol. The summed E-state index contributed by atoms with van der Waals surface area (Å²) in [5.74, 6) is -0.817. The van der Waals surface area contributed by atoms with E-state index in [9.17, 15) is 14.0 Å². The third-order valence-corrected chi connectivity index (χ3v) is 4.12. The van der Waals surface area contributed by atoms with Crippen molar-refractivity contribution in [1.82, 2.24) is 15.1 Å². The van der Waals surface area contributed by atoms with Crippen molar-refractivity contribution in [2.45, 2.75) is 12.8 Å². The maximum atomic E-state index is 13.7. The summed E-state index contributed by atoms with van der Waals surface area (Å²) < 4.78 is 13.7. The van der Waals surface area contributed by atoms with Crippen LogP contribution in [0.1, 0.15) is 23.2 Å². The monoisotopic (exact) mass is 321 g/mol. The topological polar surface area (TPSA) is 52.7 Å². The fourth-order valence-electron chi connectivity index (χ4n) is 2.70. The first-order chi connectivity index (χ1) is 11.0. The Morgan fingerprint density at radius 1 is 1.26 bits per heavy atom. The number of nitrogens with zero attached hydrogens (tertiary/aromatic N) is 2. The normalized spacial score (nSPS) is 15.7. The van der Waals surface area contributed by atoms with Crippen molar-refractivity contribution in [1.29, 1.82) is 0 Å². The number of rotatable bonds is 5. The summed E-state index contributed by atoms with van der Waals surface area (Å²) in [4.78, 5) is 28.0. The summed E-state index contributed by atoms with van der Waals surface area (Å²) in [6.07, 6.45) is 1.24. The standard InChI is InChI=1S/C17H24FN3O2/c1-20(2)12-9-19-16(22)13-7-10-21(11-8-13)17(23)14-5-3-4-6-15(14)18/h3-6,13H,7-12H2,1-2H3,(H,19,22). The van der Waals surface area contributed by atoms with Gasteiger partial charge < -0.3 is 15.1 Å². The minimum Gasteiger partial charge on any atom is -0.355 e. The zero-order chi connectivity index (χ0) is 16.8. The van der Waals surface area contributed by atoms with Gasteiger partial charge in [0.05, 0.1) is 5.56 Å².